The van der Waals surface area contributed by atoms with Crippen LogP contribution in [-0.4, -0.2) is 29.8 Å². The number of nitrogens with zero attached hydrogens (tertiary/aromatic N) is 1. The number of carbonyl (C=O) groups is 1. The predicted molar refractivity (Wildman–Crippen MR) is 90.6 cm³/mol. The Labute approximate surface area is 140 Å². The molecule has 0 fully saturated rings. The number of oxime groups is 1. The lowest BCUT2D eigenvalue weighted by molar-refractivity contribution is -0.128. The number of phenolic OH excluding ortho intramolecular Hbond substituents is 1. The Hall–Kier alpha value is -2.82. The summed E-state index contributed by atoms with van der Waals surface area (Å²) in [4.78, 5) is 17.8. The SMILES string of the molecule is COc1cccc(C2=NOC(C(=O)Cc3cc(C)ccc3O)C2)c1. The Bertz CT molecular complexity index is 798. The van der Waals surface area contributed by atoms with Crippen LogP contribution in [-0.2, 0) is 16.1 Å². The first kappa shape index (κ1) is 16.1. The van der Waals surface area contributed by atoms with Gasteiger partial charge in [-0.3, -0.25) is 4.79 Å². The molecular weight excluding hydrogens is 306 g/mol. The predicted octanol–water partition coefficient (Wildman–Crippen LogP) is 3.01. The minimum absolute atomic E-state index is 0.0995. The zero-order valence-corrected chi connectivity index (χ0v) is 13.7. The third-order valence-electron chi connectivity index (χ3n) is 4.03. The normalized spacial score (nSPS) is 16.4. The molecule has 0 saturated heterocycles. The molecule has 5 nitrogen and oxygen atoms in total. The zero-order valence-electron chi connectivity index (χ0n) is 13.7. The van der Waals surface area contributed by atoms with Gasteiger partial charge in [-0.2, -0.15) is 0 Å². The minimum atomic E-state index is -0.619. The zero-order chi connectivity index (χ0) is 17.1. The fourth-order valence-corrected chi connectivity index (χ4v) is 2.68. The van der Waals surface area contributed by atoms with E-state index in [1.54, 1.807) is 19.2 Å². The Morgan fingerprint density at radius 3 is 2.96 bits per heavy atom. The molecule has 3 rings (SSSR count). The highest BCUT2D eigenvalue weighted by molar-refractivity contribution is 6.04. The van der Waals surface area contributed by atoms with E-state index in [1.165, 1.54) is 0 Å². The molecule has 0 aromatic heterocycles. The molecule has 1 heterocycles. The van der Waals surface area contributed by atoms with Crippen LogP contribution in [0.4, 0.5) is 0 Å². The van der Waals surface area contributed by atoms with Crippen LogP contribution in [0.2, 0.25) is 0 Å². The van der Waals surface area contributed by atoms with E-state index in [-0.39, 0.29) is 18.0 Å². The van der Waals surface area contributed by atoms with Crippen LogP contribution < -0.4 is 4.74 Å². The molecule has 1 atom stereocenters. The summed E-state index contributed by atoms with van der Waals surface area (Å²) in [6.07, 6.45) is -0.0800. The van der Waals surface area contributed by atoms with Crippen molar-refractivity contribution in [2.45, 2.75) is 25.9 Å². The number of ether oxygens (including phenoxy) is 1. The summed E-state index contributed by atoms with van der Waals surface area (Å²) < 4.78 is 5.20. The average molecular weight is 325 g/mol. The third-order valence-corrected chi connectivity index (χ3v) is 4.03. The number of carbonyl (C=O) groups excluding carboxylic acids is 1. The number of Topliss-reactive ketones (excluding diaryl/α,β-unsaturated/α-hetero) is 1. The van der Waals surface area contributed by atoms with Gasteiger partial charge < -0.3 is 14.7 Å². The van der Waals surface area contributed by atoms with Crippen LogP contribution in [0.15, 0.2) is 47.6 Å². The van der Waals surface area contributed by atoms with Crippen LogP contribution in [0.5, 0.6) is 11.5 Å². The molecule has 0 spiro atoms. The first-order valence-electron chi connectivity index (χ1n) is 7.75. The molecular formula is C19H19NO4. The Morgan fingerprint density at radius 2 is 2.17 bits per heavy atom. The average Bonchev–Trinajstić information content (AvgIpc) is 3.08. The minimum Gasteiger partial charge on any atom is -0.508 e. The largest absolute Gasteiger partial charge is 0.508 e. The Balaban J connectivity index is 1.68. The standard InChI is InChI=1S/C19H19NO4/c1-12-6-7-17(21)14(8-12)10-18(22)19-11-16(20-24-19)13-4-3-5-15(9-13)23-2/h3-9,19,21H,10-11H2,1-2H3. The topological polar surface area (TPSA) is 68.1 Å². The third kappa shape index (κ3) is 3.40. The highest BCUT2D eigenvalue weighted by Crippen LogP contribution is 2.24. The fraction of sp³-hybridized carbons (Fsp3) is 0.263. The maximum atomic E-state index is 12.4. The van der Waals surface area contributed by atoms with Gasteiger partial charge >= 0.3 is 0 Å². The lowest BCUT2D eigenvalue weighted by atomic mass is 9.98. The smallest absolute Gasteiger partial charge is 0.191 e. The number of benzene rings is 2. The van der Waals surface area contributed by atoms with Crippen molar-refractivity contribution >= 4 is 11.5 Å². The van der Waals surface area contributed by atoms with Gasteiger partial charge in [-0.15, -0.1) is 0 Å². The van der Waals surface area contributed by atoms with Crippen LogP contribution in [0.3, 0.4) is 0 Å². The second kappa shape index (κ2) is 6.74. The maximum Gasteiger partial charge on any atom is 0.191 e. The van der Waals surface area contributed by atoms with E-state index in [9.17, 15) is 9.90 Å². The number of hydrogen-bond donors (Lipinski definition) is 1. The van der Waals surface area contributed by atoms with E-state index in [0.717, 1.165) is 22.6 Å². The van der Waals surface area contributed by atoms with E-state index in [4.69, 9.17) is 9.57 Å². The summed E-state index contributed by atoms with van der Waals surface area (Å²) in [5.41, 5.74) is 3.21. The number of aromatic hydroxyl groups is 1. The van der Waals surface area contributed by atoms with Crippen LogP contribution >= 0.6 is 0 Å². The molecule has 1 unspecified atom stereocenters. The number of hydrogen-bond acceptors (Lipinski definition) is 5. The van der Waals surface area contributed by atoms with E-state index < -0.39 is 6.10 Å². The molecule has 1 N–H and O–H groups in total. The van der Waals surface area contributed by atoms with E-state index >= 15 is 0 Å². The van der Waals surface area contributed by atoms with Gasteiger partial charge in [0.2, 0.25) is 0 Å². The summed E-state index contributed by atoms with van der Waals surface area (Å²) in [5, 5.41) is 13.9. The van der Waals surface area contributed by atoms with Crippen LogP contribution in [0, 0.1) is 6.92 Å². The van der Waals surface area contributed by atoms with Crippen molar-refractivity contribution < 1.29 is 19.5 Å². The number of ketones is 1. The van der Waals surface area contributed by atoms with Gasteiger partial charge in [0.1, 0.15) is 11.5 Å². The fourth-order valence-electron chi connectivity index (χ4n) is 2.68. The van der Waals surface area contributed by atoms with Crippen LogP contribution in [0.1, 0.15) is 23.1 Å². The van der Waals surface area contributed by atoms with Crippen molar-refractivity contribution in [1.82, 2.24) is 0 Å². The highest BCUT2D eigenvalue weighted by Gasteiger charge is 2.29. The monoisotopic (exact) mass is 325 g/mol. The number of aryl methyl sites for hydroxylation is 1. The van der Waals surface area contributed by atoms with E-state index in [1.807, 2.05) is 37.3 Å². The van der Waals surface area contributed by atoms with Gasteiger partial charge in [-0.25, -0.2) is 0 Å². The summed E-state index contributed by atoms with van der Waals surface area (Å²) in [6, 6.07) is 12.7. The highest BCUT2D eigenvalue weighted by atomic mass is 16.6. The van der Waals surface area contributed by atoms with Gasteiger partial charge in [0, 0.05) is 24.0 Å². The molecule has 5 heteroatoms. The van der Waals surface area contributed by atoms with Gasteiger partial charge in [-0.1, -0.05) is 35.0 Å². The lowest BCUT2D eigenvalue weighted by Crippen LogP contribution is -2.23. The van der Waals surface area contributed by atoms with Crippen molar-refractivity contribution in [1.29, 1.82) is 0 Å². The number of phenols is 1. The Morgan fingerprint density at radius 1 is 1.33 bits per heavy atom. The molecule has 1 aliphatic heterocycles. The van der Waals surface area contributed by atoms with Crippen molar-refractivity contribution in [3.05, 3.63) is 59.2 Å². The quantitative estimate of drug-likeness (QED) is 0.917. The number of rotatable bonds is 5. The summed E-state index contributed by atoms with van der Waals surface area (Å²) in [6.45, 7) is 1.92. The van der Waals surface area contributed by atoms with Gasteiger partial charge in [0.25, 0.3) is 0 Å². The Kier molecular flexibility index (Phi) is 4.51. The molecule has 0 bridgehead atoms. The summed E-state index contributed by atoms with van der Waals surface area (Å²) >= 11 is 0. The molecule has 124 valence electrons. The molecule has 0 amide bonds. The maximum absolute atomic E-state index is 12.4. The first-order chi connectivity index (χ1) is 11.6. The molecule has 0 radical (unpaired) electrons. The second-order valence-electron chi connectivity index (χ2n) is 5.84. The molecule has 0 aliphatic carbocycles. The van der Waals surface area contributed by atoms with Gasteiger partial charge in [0.15, 0.2) is 11.9 Å². The van der Waals surface area contributed by atoms with Crippen molar-refractivity contribution in [3.63, 3.8) is 0 Å². The summed E-state index contributed by atoms with van der Waals surface area (Å²) in [5.74, 6) is 0.757. The molecule has 0 saturated carbocycles. The van der Waals surface area contributed by atoms with Crippen LogP contribution in [0.25, 0.3) is 0 Å². The van der Waals surface area contributed by atoms with Gasteiger partial charge in [0.05, 0.1) is 12.8 Å². The van der Waals surface area contributed by atoms with Crippen molar-refractivity contribution in [2.75, 3.05) is 7.11 Å². The summed E-state index contributed by atoms with van der Waals surface area (Å²) in [7, 11) is 1.60. The van der Waals surface area contributed by atoms with Crippen molar-refractivity contribution in [2.24, 2.45) is 5.16 Å². The van der Waals surface area contributed by atoms with E-state index in [2.05, 4.69) is 5.16 Å². The molecule has 24 heavy (non-hydrogen) atoms. The number of methoxy groups -OCH3 is 1. The molecule has 2 aromatic rings. The first-order valence-corrected chi connectivity index (χ1v) is 7.75. The van der Waals surface area contributed by atoms with Crippen molar-refractivity contribution in [3.8, 4) is 11.5 Å². The second-order valence-corrected chi connectivity index (χ2v) is 5.84. The molecule has 1 aliphatic rings. The van der Waals surface area contributed by atoms with E-state index in [0.29, 0.717) is 12.0 Å². The lowest BCUT2D eigenvalue weighted by Gasteiger charge is -2.09. The molecule has 2 aromatic carbocycles. The van der Waals surface area contributed by atoms with Gasteiger partial charge in [-0.05, 0) is 25.1 Å².